The predicted molar refractivity (Wildman–Crippen MR) is 74.4 cm³/mol. The molecule has 0 unspecified atom stereocenters. The van der Waals surface area contributed by atoms with Crippen molar-refractivity contribution in [2.75, 3.05) is 10.7 Å². The highest BCUT2D eigenvalue weighted by Gasteiger charge is 2.15. The molecule has 1 heterocycles. The quantitative estimate of drug-likeness (QED) is 0.436. The highest BCUT2D eigenvalue weighted by molar-refractivity contribution is 5.57. The van der Waals surface area contributed by atoms with Crippen LogP contribution >= 0.6 is 0 Å². The van der Waals surface area contributed by atoms with Crippen LogP contribution in [0.1, 0.15) is 49.9 Å². The Morgan fingerprint density at radius 1 is 1.00 bits per heavy atom. The fraction of sp³-hybridized carbons (Fsp3) is 0.692. The van der Waals surface area contributed by atoms with E-state index in [1.807, 2.05) is 13.8 Å². The lowest BCUT2D eigenvalue weighted by Crippen LogP contribution is -2.21. The van der Waals surface area contributed by atoms with E-state index >= 15 is 0 Å². The molecule has 4 N–H and O–H groups in total. The zero-order chi connectivity index (χ0) is 13.0. The lowest BCUT2D eigenvalue weighted by molar-refractivity contribution is 0.616. The number of rotatable bonds is 3. The molecule has 0 saturated heterocycles. The number of nitrogens with two attached hydrogens (primary N) is 1. The Morgan fingerprint density at radius 2 is 1.61 bits per heavy atom. The molecule has 0 bridgehead atoms. The van der Waals surface area contributed by atoms with Gasteiger partial charge >= 0.3 is 0 Å². The molecule has 1 saturated carbocycles. The Labute approximate surface area is 109 Å². The molecule has 0 spiro atoms. The molecule has 0 aromatic carbocycles. The van der Waals surface area contributed by atoms with Gasteiger partial charge in [-0.15, -0.1) is 0 Å². The van der Waals surface area contributed by atoms with Crippen LogP contribution in [0, 0.1) is 13.8 Å². The summed E-state index contributed by atoms with van der Waals surface area (Å²) in [4.78, 5) is 8.76. The third-order valence-corrected chi connectivity index (χ3v) is 3.59. The van der Waals surface area contributed by atoms with Gasteiger partial charge in [0.05, 0.1) is 0 Å². The first-order valence-electron chi connectivity index (χ1n) is 6.79. The van der Waals surface area contributed by atoms with E-state index < -0.39 is 0 Å². The molecule has 5 nitrogen and oxygen atoms in total. The van der Waals surface area contributed by atoms with Crippen molar-refractivity contribution in [2.24, 2.45) is 5.84 Å². The van der Waals surface area contributed by atoms with Crippen LogP contribution in [-0.4, -0.2) is 16.0 Å². The third kappa shape index (κ3) is 3.10. The number of nitrogens with one attached hydrogen (secondary N) is 2. The minimum atomic E-state index is 0.533. The van der Waals surface area contributed by atoms with Crippen LogP contribution in [-0.2, 0) is 0 Å². The average Bonchev–Trinajstić information content (AvgIpc) is 2.62. The van der Waals surface area contributed by atoms with Crippen molar-refractivity contribution < 1.29 is 0 Å². The first-order chi connectivity index (χ1) is 8.70. The molecule has 100 valence electrons. The van der Waals surface area contributed by atoms with E-state index in [1.54, 1.807) is 0 Å². The van der Waals surface area contributed by atoms with Crippen molar-refractivity contribution in [3.63, 3.8) is 0 Å². The average molecular weight is 249 g/mol. The van der Waals surface area contributed by atoms with Crippen molar-refractivity contribution in [2.45, 2.75) is 58.4 Å². The summed E-state index contributed by atoms with van der Waals surface area (Å²) in [5, 5.41) is 3.56. The summed E-state index contributed by atoms with van der Waals surface area (Å²) >= 11 is 0. The van der Waals surface area contributed by atoms with E-state index in [4.69, 9.17) is 5.84 Å². The molecule has 18 heavy (non-hydrogen) atoms. The van der Waals surface area contributed by atoms with E-state index in [1.165, 1.54) is 38.5 Å². The fourth-order valence-electron chi connectivity index (χ4n) is 2.53. The van der Waals surface area contributed by atoms with Crippen molar-refractivity contribution in [1.29, 1.82) is 0 Å². The van der Waals surface area contributed by atoms with Gasteiger partial charge in [0.25, 0.3) is 0 Å². The highest BCUT2D eigenvalue weighted by atomic mass is 15.3. The molecule has 0 amide bonds. The van der Waals surface area contributed by atoms with Gasteiger partial charge in [-0.1, -0.05) is 25.7 Å². The molecule has 0 radical (unpaired) electrons. The Morgan fingerprint density at radius 3 is 2.22 bits per heavy atom. The number of anilines is 2. The smallest absolute Gasteiger partial charge is 0.148 e. The SMILES string of the molecule is Cc1nc(NN)c(C)c(NC2CCCCCC2)n1. The summed E-state index contributed by atoms with van der Waals surface area (Å²) in [6.45, 7) is 3.88. The van der Waals surface area contributed by atoms with E-state index in [-0.39, 0.29) is 0 Å². The predicted octanol–water partition coefficient (Wildman–Crippen LogP) is 2.51. The van der Waals surface area contributed by atoms with Gasteiger partial charge in [-0.05, 0) is 26.7 Å². The lowest BCUT2D eigenvalue weighted by atomic mass is 10.1. The number of aryl methyl sites for hydroxylation is 1. The summed E-state index contributed by atoms with van der Waals surface area (Å²) in [5.74, 6) is 7.84. The van der Waals surface area contributed by atoms with E-state index in [0.717, 1.165) is 17.2 Å². The van der Waals surface area contributed by atoms with E-state index in [9.17, 15) is 0 Å². The van der Waals surface area contributed by atoms with Gasteiger partial charge in [0.1, 0.15) is 17.5 Å². The molecule has 1 aromatic rings. The summed E-state index contributed by atoms with van der Waals surface area (Å²) in [5.41, 5.74) is 3.63. The number of nitrogens with zero attached hydrogens (tertiary/aromatic N) is 2. The molecule has 0 aliphatic heterocycles. The first-order valence-corrected chi connectivity index (χ1v) is 6.79. The monoisotopic (exact) mass is 249 g/mol. The summed E-state index contributed by atoms with van der Waals surface area (Å²) in [7, 11) is 0. The second-order valence-electron chi connectivity index (χ2n) is 5.07. The molecule has 5 heteroatoms. The Bertz CT molecular complexity index is 397. The maximum atomic E-state index is 5.48. The van der Waals surface area contributed by atoms with Gasteiger partial charge in [0.15, 0.2) is 0 Å². The maximum absolute atomic E-state index is 5.48. The minimum Gasteiger partial charge on any atom is -0.367 e. The zero-order valence-electron chi connectivity index (χ0n) is 11.3. The normalized spacial score (nSPS) is 17.3. The second kappa shape index (κ2) is 6.00. The van der Waals surface area contributed by atoms with Crippen molar-refractivity contribution in [3.05, 3.63) is 11.4 Å². The number of hydrazine groups is 1. The van der Waals surface area contributed by atoms with Crippen molar-refractivity contribution >= 4 is 11.6 Å². The second-order valence-corrected chi connectivity index (χ2v) is 5.07. The van der Waals surface area contributed by atoms with E-state index in [2.05, 4.69) is 20.7 Å². The van der Waals surface area contributed by atoms with Gasteiger partial charge in [-0.2, -0.15) is 0 Å². The van der Waals surface area contributed by atoms with Crippen molar-refractivity contribution in [1.82, 2.24) is 9.97 Å². The number of aromatic nitrogens is 2. The van der Waals surface area contributed by atoms with Crippen LogP contribution in [0.15, 0.2) is 0 Å². The van der Waals surface area contributed by atoms with Gasteiger partial charge in [-0.25, -0.2) is 15.8 Å². The first kappa shape index (κ1) is 13.1. The highest BCUT2D eigenvalue weighted by Crippen LogP contribution is 2.24. The Balaban J connectivity index is 2.14. The van der Waals surface area contributed by atoms with Gasteiger partial charge in [0.2, 0.25) is 0 Å². The molecule has 2 rings (SSSR count). The molecule has 1 fully saturated rings. The van der Waals surface area contributed by atoms with Gasteiger partial charge < -0.3 is 10.7 Å². The topological polar surface area (TPSA) is 75.9 Å². The fourth-order valence-corrected chi connectivity index (χ4v) is 2.53. The molecule has 1 aromatic heterocycles. The maximum Gasteiger partial charge on any atom is 0.148 e. The van der Waals surface area contributed by atoms with Crippen LogP contribution in [0.2, 0.25) is 0 Å². The molecule has 1 aliphatic rings. The molecule has 0 atom stereocenters. The third-order valence-electron chi connectivity index (χ3n) is 3.59. The molecule has 1 aliphatic carbocycles. The van der Waals surface area contributed by atoms with Crippen LogP contribution in [0.3, 0.4) is 0 Å². The standard InChI is InChI=1S/C13H23N5/c1-9-12(15-10(2)16-13(9)18-14)17-11-7-5-3-4-6-8-11/h11H,3-8,14H2,1-2H3,(H2,15,16,17,18). The largest absolute Gasteiger partial charge is 0.367 e. The van der Waals surface area contributed by atoms with Gasteiger partial charge in [-0.3, -0.25) is 0 Å². The Hall–Kier alpha value is -1.36. The summed E-state index contributed by atoms with van der Waals surface area (Å²) < 4.78 is 0. The minimum absolute atomic E-state index is 0.533. The zero-order valence-corrected chi connectivity index (χ0v) is 11.3. The van der Waals surface area contributed by atoms with Crippen LogP contribution in [0.25, 0.3) is 0 Å². The number of hydrogen-bond donors (Lipinski definition) is 3. The van der Waals surface area contributed by atoms with Gasteiger partial charge in [0, 0.05) is 11.6 Å². The van der Waals surface area contributed by atoms with Crippen LogP contribution in [0.4, 0.5) is 11.6 Å². The number of nitrogen functional groups attached to an aromatic ring is 1. The summed E-state index contributed by atoms with van der Waals surface area (Å²) in [6, 6.07) is 0.533. The van der Waals surface area contributed by atoms with Crippen LogP contribution in [0.5, 0.6) is 0 Å². The number of hydrogen-bond acceptors (Lipinski definition) is 5. The van der Waals surface area contributed by atoms with Crippen LogP contribution < -0.4 is 16.6 Å². The van der Waals surface area contributed by atoms with E-state index in [0.29, 0.717) is 11.9 Å². The van der Waals surface area contributed by atoms with Crippen molar-refractivity contribution in [3.8, 4) is 0 Å². The summed E-state index contributed by atoms with van der Waals surface area (Å²) in [6.07, 6.45) is 7.79. The Kier molecular flexibility index (Phi) is 4.36. The molecular weight excluding hydrogens is 226 g/mol. The lowest BCUT2D eigenvalue weighted by Gasteiger charge is -2.19. The molecular formula is C13H23N5.